The zero-order valence-corrected chi connectivity index (χ0v) is 23.3. The number of hydrogen-bond donors (Lipinski definition) is 1. The number of carboxylic acid groups (broad SMARTS) is 1. The van der Waals surface area contributed by atoms with E-state index in [2.05, 4.69) is 20.8 Å². The predicted octanol–water partition coefficient (Wildman–Crippen LogP) is 8.04. The molecule has 2 aliphatic rings. The van der Waals surface area contributed by atoms with Crippen LogP contribution in [0.15, 0.2) is 47.5 Å². The smallest absolute Gasteiger partial charge is 0.416 e. The number of alkyl halides is 3. The number of halogens is 4. The summed E-state index contributed by atoms with van der Waals surface area (Å²) < 4.78 is 55.1. The third kappa shape index (κ3) is 5.93. The van der Waals surface area contributed by atoms with Crippen LogP contribution in [-0.2, 0) is 11.0 Å². The zero-order valence-electron chi connectivity index (χ0n) is 23.3. The van der Waals surface area contributed by atoms with E-state index >= 15 is 0 Å². The van der Waals surface area contributed by atoms with Crippen molar-refractivity contribution in [1.82, 2.24) is 4.90 Å². The molecule has 1 spiro atoms. The summed E-state index contributed by atoms with van der Waals surface area (Å²) >= 11 is 0. The maximum Gasteiger partial charge on any atom is 0.416 e. The van der Waals surface area contributed by atoms with E-state index in [0.717, 1.165) is 43.4 Å². The van der Waals surface area contributed by atoms with Crippen LogP contribution in [0.1, 0.15) is 106 Å². The van der Waals surface area contributed by atoms with Gasteiger partial charge in [0.15, 0.2) is 0 Å². The Morgan fingerprint density at radius 2 is 1.73 bits per heavy atom. The minimum atomic E-state index is -4.78. The number of carboxylic acids is 1. The minimum absolute atomic E-state index is 0.0417. The van der Waals surface area contributed by atoms with E-state index in [-0.39, 0.29) is 22.3 Å². The summed E-state index contributed by atoms with van der Waals surface area (Å²) in [6.45, 7) is 8.53. The number of carbonyl (C=O) groups is 2. The number of unbranched alkanes of at least 4 members (excludes halogenated alkanes) is 1. The summed E-state index contributed by atoms with van der Waals surface area (Å²) in [6, 6.07) is 8.03. The van der Waals surface area contributed by atoms with Crippen molar-refractivity contribution in [1.29, 1.82) is 0 Å². The molecular weight excluding hydrogens is 524 g/mol. The molecule has 1 aliphatic heterocycles. The van der Waals surface area contributed by atoms with Gasteiger partial charge in [-0.3, -0.25) is 9.79 Å². The highest BCUT2D eigenvalue weighted by Crippen LogP contribution is 2.50. The van der Waals surface area contributed by atoms with Crippen molar-refractivity contribution in [3.8, 4) is 0 Å². The van der Waals surface area contributed by atoms with E-state index in [0.29, 0.717) is 31.2 Å². The molecule has 1 aliphatic carbocycles. The molecule has 0 unspecified atom stereocenters. The van der Waals surface area contributed by atoms with Gasteiger partial charge in [-0.1, -0.05) is 52.7 Å². The third-order valence-corrected chi connectivity index (χ3v) is 8.38. The Morgan fingerprint density at radius 1 is 1.10 bits per heavy atom. The highest BCUT2D eigenvalue weighted by atomic mass is 19.4. The van der Waals surface area contributed by atoms with Crippen LogP contribution >= 0.6 is 0 Å². The van der Waals surface area contributed by atoms with Gasteiger partial charge in [0.1, 0.15) is 17.2 Å². The van der Waals surface area contributed by atoms with Gasteiger partial charge >= 0.3 is 12.1 Å². The molecule has 2 aromatic rings. The summed E-state index contributed by atoms with van der Waals surface area (Å²) in [6.07, 6.45) is 0.0121. The van der Waals surface area contributed by atoms with Gasteiger partial charge in [-0.2, -0.15) is 13.2 Å². The van der Waals surface area contributed by atoms with Crippen molar-refractivity contribution < 1.29 is 32.3 Å². The van der Waals surface area contributed by atoms with Crippen LogP contribution in [0, 0.1) is 17.2 Å². The number of carbonyl (C=O) groups excluding carboxylic acids is 1. The van der Waals surface area contributed by atoms with Crippen LogP contribution in [0.2, 0.25) is 0 Å². The number of hydrogen-bond acceptors (Lipinski definition) is 3. The number of aromatic carboxylic acids is 1. The second-order valence-corrected chi connectivity index (χ2v) is 12.1. The Labute approximate surface area is 232 Å². The topological polar surface area (TPSA) is 70.0 Å². The fourth-order valence-corrected chi connectivity index (χ4v) is 6.11. The van der Waals surface area contributed by atoms with Crippen LogP contribution in [0.25, 0.3) is 0 Å². The van der Waals surface area contributed by atoms with E-state index in [4.69, 9.17) is 4.99 Å². The van der Waals surface area contributed by atoms with Gasteiger partial charge in [-0.15, -0.1) is 0 Å². The second kappa shape index (κ2) is 11.0. The van der Waals surface area contributed by atoms with Gasteiger partial charge in [0.05, 0.1) is 17.2 Å². The molecular formula is C31H36F4N2O3. The first-order valence-electron chi connectivity index (χ1n) is 13.8. The fraction of sp³-hybridized carbons (Fsp3) is 0.516. The molecule has 0 radical (unpaired) electrons. The van der Waals surface area contributed by atoms with Gasteiger partial charge in [0.2, 0.25) is 0 Å². The van der Waals surface area contributed by atoms with Gasteiger partial charge in [0, 0.05) is 5.56 Å². The van der Waals surface area contributed by atoms with E-state index < -0.39 is 41.1 Å². The maximum atomic E-state index is 14.4. The highest BCUT2D eigenvalue weighted by Gasteiger charge is 2.52. The summed E-state index contributed by atoms with van der Waals surface area (Å²) in [5, 5.41) is 9.37. The molecule has 1 N–H and O–H groups in total. The van der Waals surface area contributed by atoms with Crippen molar-refractivity contribution in [2.24, 2.45) is 16.3 Å². The van der Waals surface area contributed by atoms with Gasteiger partial charge in [-0.25, -0.2) is 9.18 Å². The first kappa shape index (κ1) is 29.7. The van der Waals surface area contributed by atoms with Crippen LogP contribution in [0.3, 0.4) is 0 Å². The number of benzene rings is 2. The molecule has 1 saturated carbocycles. The summed E-state index contributed by atoms with van der Waals surface area (Å²) in [7, 11) is 0. The van der Waals surface area contributed by atoms with Gasteiger partial charge < -0.3 is 10.0 Å². The number of aliphatic imine (C=N–C) groups is 1. The molecule has 1 amide bonds. The van der Waals surface area contributed by atoms with Crippen LogP contribution in [0.4, 0.5) is 17.6 Å². The normalized spacial score (nSPS) is 22.5. The molecule has 1 fully saturated rings. The largest absolute Gasteiger partial charge is 0.478 e. The average Bonchev–Trinajstić information content (AvgIpc) is 3.15. The molecule has 5 nitrogen and oxygen atoms in total. The molecule has 1 atom stereocenters. The highest BCUT2D eigenvalue weighted by molar-refractivity contribution is 6.46. The molecule has 40 heavy (non-hydrogen) atoms. The Balaban J connectivity index is 1.83. The maximum absolute atomic E-state index is 14.4. The standard InChI is InChI=1S/C31H36F4N2O3/c1-5-6-7-25(19-8-10-20(11-9-19)28(39)40)37-27(38)26(21-16-23(31(33,34)35)18-24(32)17-21)36-30(37)14-12-22(13-15-30)29(2,3)4/h8-11,16-18,22,25H,5-7,12-15H2,1-4H3,(H,39,40)/t22?,25-,30?/m1/s1. The molecule has 0 bridgehead atoms. The monoisotopic (exact) mass is 560 g/mol. The van der Waals surface area contributed by atoms with Gasteiger partial charge in [-0.05, 0) is 79.3 Å². The van der Waals surface area contributed by atoms with Crippen molar-refractivity contribution in [2.45, 2.75) is 90.5 Å². The lowest BCUT2D eigenvalue weighted by Crippen LogP contribution is -2.51. The van der Waals surface area contributed by atoms with E-state index in [1.54, 1.807) is 17.0 Å². The molecule has 1 heterocycles. The fourth-order valence-electron chi connectivity index (χ4n) is 6.11. The first-order valence-corrected chi connectivity index (χ1v) is 13.8. The zero-order chi connectivity index (χ0) is 29.5. The third-order valence-electron chi connectivity index (χ3n) is 8.38. The summed E-state index contributed by atoms with van der Waals surface area (Å²) in [5.74, 6) is -2.31. The van der Waals surface area contributed by atoms with Gasteiger partial charge in [0.25, 0.3) is 5.91 Å². The Hall–Kier alpha value is -3.23. The lowest BCUT2D eigenvalue weighted by atomic mass is 9.69. The van der Waals surface area contributed by atoms with Crippen molar-refractivity contribution in [2.75, 3.05) is 0 Å². The number of rotatable bonds is 7. The van der Waals surface area contributed by atoms with Crippen LogP contribution < -0.4 is 0 Å². The Kier molecular flexibility index (Phi) is 8.16. The first-order chi connectivity index (χ1) is 18.7. The molecule has 216 valence electrons. The van der Waals surface area contributed by atoms with E-state index in [1.807, 2.05) is 6.92 Å². The lowest BCUT2D eigenvalue weighted by Gasteiger charge is -2.47. The van der Waals surface area contributed by atoms with E-state index in [1.165, 1.54) is 12.1 Å². The number of nitrogens with zero attached hydrogens (tertiary/aromatic N) is 2. The second-order valence-electron chi connectivity index (χ2n) is 12.1. The molecule has 9 heteroatoms. The summed E-state index contributed by atoms with van der Waals surface area (Å²) in [5.41, 5.74) is -1.62. The Bertz CT molecular complexity index is 1290. The van der Waals surface area contributed by atoms with Crippen molar-refractivity contribution >= 4 is 17.6 Å². The quantitative estimate of drug-likeness (QED) is 0.349. The molecule has 4 rings (SSSR count). The SMILES string of the molecule is CCCC[C@H](c1ccc(C(=O)O)cc1)N1C(=O)C(c2cc(F)cc(C(F)(F)F)c2)=NC12CCC(C(C)(C)C)CC2. The minimum Gasteiger partial charge on any atom is -0.478 e. The number of amides is 1. The molecule has 0 aromatic heterocycles. The van der Waals surface area contributed by atoms with Crippen LogP contribution in [0.5, 0.6) is 0 Å². The molecule has 0 saturated heterocycles. The van der Waals surface area contributed by atoms with E-state index in [9.17, 15) is 32.3 Å². The van der Waals surface area contributed by atoms with Crippen molar-refractivity contribution in [3.05, 3.63) is 70.5 Å². The summed E-state index contributed by atoms with van der Waals surface area (Å²) in [4.78, 5) is 32.2. The predicted molar refractivity (Wildman–Crippen MR) is 145 cm³/mol. The van der Waals surface area contributed by atoms with Crippen molar-refractivity contribution in [3.63, 3.8) is 0 Å². The lowest BCUT2D eigenvalue weighted by molar-refractivity contribution is -0.138. The molecule has 2 aromatic carbocycles. The van der Waals surface area contributed by atoms with Crippen LogP contribution in [-0.4, -0.2) is 33.3 Å². The average molecular weight is 561 g/mol. The Morgan fingerprint density at radius 3 is 2.25 bits per heavy atom.